The zero-order valence-corrected chi connectivity index (χ0v) is 7.40. The molecule has 1 aromatic carbocycles. The highest BCUT2D eigenvalue weighted by atomic mass is 16.5. The summed E-state index contributed by atoms with van der Waals surface area (Å²) in [5, 5.41) is 0. The Labute approximate surface area is 81.2 Å². The van der Waals surface area contributed by atoms with E-state index >= 15 is 0 Å². The van der Waals surface area contributed by atoms with E-state index in [2.05, 4.69) is 11.1 Å². The van der Waals surface area contributed by atoms with Gasteiger partial charge in [0, 0.05) is 6.42 Å². The van der Waals surface area contributed by atoms with Crippen molar-refractivity contribution in [3.05, 3.63) is 24.3 Å². The van der Waals surface area contributed by atoms with Gasteiger partial charge in [-0.15, -0.1) is 0 Å². The van der Waals surface area contributed by atoms with Crippen molar-refractivity contribution in [2.24, 2.45) is 4.99 Å². The lowest BCUT2D eigenvalue weighted by Gasteiger charge is -2.08. The van der Waals surface area contributed by atoms with Crippen LogP contribution in [0, 0.1) is 6.07 Å². The Bertz CT molecular complexity index is 371. The fourth-order valence-corrected chi connectivity index (χ4v) is 1.24. The topological polar surface area (TPSA) is 47.9 Å². The minimum absolute atomic E-state index is 0.473. The van der Waals surface area contributed by atoms with Gasteiger partial charge in [-0.05, 0) is 18.2 Å². The number of carbonyl (C=O) groups excluding carboxylic acids is 1. The molecule has 1 radical (unpaired) electrons. The number of nitrogens with zero attached hydrogens (tertiary/aromatic N) is 1. The summed E-state index contributed by atoms with van der Waals surface area (Å²) in [7, 11) is 0. The van der Waals surface area contributed by atoms with Crippen molar-refractivity contribution < 1.29 is 14.3 Å². The molecule has 1 unspecified atom stereocenters. The molecule has 0 N–H and O–H groups in total. The van der Waals surface area contributed by atoms with Crippen LogP contribution >= 0.6 is 0 Å². The molecule has 4 nitrogen and oxygen atoms in total. The summed E-state index contributed by atoms with van der Waals surface area (Å²) in [6.07, 6.45) is 1.54. The van der Waals surface area contributed by atoms with Crippen LogP contribution in [0.3, 0.4) is 0 Å². The molecule has 0 amide bonds. The largest absolute Gasteiger partial charge is 0.489 e. The smallest absolute Gasteiger partial charge is 0.238 e. The van der Waals surface area contributed by atoms with Gasteiger partial charge >= 0.3 is 0 Å². The standard InChI is InChI=1S/C10H8NO3/c12-7-11-10-5-6-13-8-3-1-2-4-9(8)14-10/h2-4,10H,5-6H2. The molecule has 71 valence electrons. The average molecular weight is 190 g/mol. The summed E-state index contributed by atoms with van der Waals surface area (Å²) < 4.78 is 10.8. The Morgan fingerprint density at radius 2 is 2.50 bits per heavy atom. The second kappa shape index (κ2) is 3.94. The summed E-state index contributed by atoms with van der Waals surface area (Å²) in [4.78, 5) is 13.6. The number of benzene rings is 1. The number of hydrogen-bond acceptors (Lipinski definition) is 4. The fraction of sp³-hybridized carbons (Fsp3) is 0.300. The number of aliphatic imine (C=N–C) groups is 1. The van der Waals surface area contributed by atoms with Crippen LogP contribution in [0.2, 0.25) is 0 Å². The molecule has 0 saturated carbocycles. The highest BCUT2D eigenvalue weighted by Crippen LogP contribution is 2.30. The van der Waals surface area contributed by atoms with Gasteiger partial charge in [0.2, 0.25) is 12.3 Å². The minimum atomic E-state index is -0.490. The van der Waals surface area contributed by atoms with E-state index in [-0.39, 0.29) is 0 Å². The Morgan fingerprint density at radius 1 is 1.57 bits per heavy atom. The number of ether oxygens (including phenoxy) is 2. The first-order valence-electron chi connectivity index (χ1n) is 4.26. The van der Waals surface area contributed by atoms with Gasteiger partial charge in [0.1, 0.15) is 0 Å². The van der Waals surface area contributed by atoms with E-state index in [4.69, 9.17) is 9.47 Å². The Kier molecular flexibility index (Phi) is 2.47. The van der Waals surface area contributed by atoms with Crippen molar-refractivity contribution in [2.75, 3.05) is 6.61 Å². The van der Waals surface area contributed by atoms with Crippen LogP contribution in [0.1, 0.15) is 6.42 Å². The molecule has 1 aliphatic rings. The third-order valence-corrected chi connectivity index (χ3v) is 1.87. The van der Waals surface area contributed by atoms with E-state index < -0.39 is 6.23 Å². The van der Waals surface area contributed by atoms with Crippen LogP contribution in [0.25, 0.3) is 0 Å². The van der Waals surface area contributed by atoms with E-state index in [9.17, 15) is 4.79 Å². The molecule has 0 saturated heterocycles. The highest BCUT2D eigenvalue weighted by molar-refractivity contribution is 5.40. The summed E-state index contributed by atoms with van der Waals surface area (Å²) >= 11 is 0. The minimum Gasteiger partial charge on any atom is -0.489 e. The van der Waals surface area contributed by atoms with Gasteiger partial charge in [-0.1, -0.05) is 6.07 Å². The number of rotatable bonds is 1. The van der Waals surface area contributed by atoms with E-state index in [0.29, 0.717) is 24.5 Å². The first-order chi connectivity index (χ1) is 6.90. The van der Waals surface area contributed by atoms with Crippen LogP contribution in [0.15, 0.2) is 23.2 Å². The van der Waals surface area contributed by atoms with Gasteiger partial charge in [0.15, 0.2) is 11.5 Å². The van der Waals surface area contributed by atoms with Gasteiger partial charge in [-0.2, -0.15) is 4.99 Å². The van der Waals surface area contributed by atoms with Gasteiger partial charge in [0.05, 0.1) is 6.61 Å². The third-order valence-electron chi connectivity index (χ3n) is 1.87. The molecule has 0 aliphatic carbocycles. The molecule has 1 heterocycles. The maximum absolute atomic E-state index is 10.1. The molecule has 0 aromatic heterocycles. The molecule has 1 aliphatic heterocycles. The first kappa shape index (κ1) is 8.78. The summed E-state index contributed by atoms with van der Waals surface area (Å²) in [6.45, 7) is 0.473. The van der Waals surface area contributed by atoms with Crippen LogP contribution in [0.5, 0.6) is 11.5 Å². The molecule has 1 aromatic rings. The lowest BCUT2D eigenvalue weighted by Crippen LogP contribution is -2.13. The maximum atomic E-state index is 10.1. The molecule has 1 atom stereocenters. The summed E-state index contributed by atoms with van der Waals surface area (Å²) in [5.74, 6) is 1.22. The van der Waals surface area contributed by atoms with Crippen molar-refractivity contribution in [2.45, 2.75) is 12.6 Å². The zero-order valence-electron chi connectivity index (χ0n) is 7.40. The Morgan fingerprint density at radius 3 is 3.36 bits per heavy atom. The lowest BCUT2D eigenvalue weighted by atomic mass is 10.3. The van der Waals surface area contributed by atoms with Crippen molar-refractivity contribution in [1.82, 2.24) is 0 Å². The third kappa shape index (κ3) is 1.75. The van der Waals surface area contributed by atoms with Crippen LogP contribution in [-0.4, -0.2) is 18.9 Å². The Hall–Kier alpha value is -1.80. The molecular formula is C10H8NO3. The number of hydrogen-bond donors (Lipinski definition) is 0. The molecule has 4 heteroatoms. The molecule has 14 heavy (non-hydrogen) atoms. The van der Waals surface area contributed by atoms with Gasteiger partial charge in [-0.25, -0.2) is 4.79 Å². The van der Waals surface area contributed by atoms with Gasteiger partial charge < -0.3 is 9.47 Å². The fourth-order valence-electron chi connectivity index (χ4n) is 1.24. The van der Waals surface area contributed by atoms with Crippen molar-refractivity contribution in [3.8, 4) is 11.5 Å². The predicted octanol–water partition coefficient (Wildman–Crippen LogP) is 1.31. The van der Waals surface area contributed by atoms with Gasteiger partial charge in [-0.3, -0.25) is 0 Å². The monoisotopic (exact) mass is 190 g/mol. The molecule has 2 rings (SSSR count). The molecular weight excluding hydrogens is 182 g/mol. The van der Waals surface area contributed by atoms with E-state index in [1.165, 1.54) is 6.08 Å². The summed E-state index contributed by atoms with van der Waals surface area (Å²) in [6, 6.07) is 8.03. The second-order valence-electron chi connectivity index (χ2n) is 2.80. The van der Waals surface area contributed by atoms with Crippen molar-refractivity contribution in [3.63, 3.8) is 0 Å². The van der Waals surface area contributed by atoms with E-state index in [0.717, 1.165) is 0 Å². The van der Waals surface area contributed by atoms with Crippen molar-refractivity contribution in [1.29, 1.82) is 0 Å². The van der Waals surface area contributed by atoms with E-state index in [1.54, 1.807) is 18.2 Å². The lowest BCUT2D eigenvalue weighted by molar-refractivity contribution is 0.200. The Balaban J connectivity index is 2.26. The predicted molar refractivity (Wildman–Crippen MR) is 47.9 cm³/mol. The zero-order chi connectivity index (χ0) is 9.80. The number of isocyanates is 1. The first-order valence-corrected chi connectivity index (χ1v) is 4.26. The highest BCUT2D eigenvalue weighted by Gasteiger charge is 2.16. The van der Waals surface area contributed by atoms with Crippen molar-refractivity contribution >= 4 is 6.08 Å². The number of fused-ring (bicyclic) bond motifs is 1. The molecule has 0 fully saturated rings. The summed E-state index contributed by atoms with van der Waals surface area (Å²) in [5.41, 5.74) is 0. The van der Waals surface area contributed by atoms with Crippen LogP contribution < -0.4 is 9.47 Å². The maximum Gasteiger partial charge on any atom is 0.238 e. The van der Waals surface area contributed by atoms with Gasteiger partial charge in [0.25, 0.3) is 0 Å². The SMILES string of the molecule is O=C=NC1CCOc2c[c]ccc2O1. The quantitative estimate of drug-likeness (QED) is 0.495. The average Bonchev–Trinajstić information content (AvgIpc) is 2.40. The van der Waals surface area contributed by atoms with Crippen LogP contribution in [0.4, 0.5) is 0 Å². The molecule has 0 spiro atoms. The van der Waals surface area contributed by atoms with E-state index in [1.807, 2.05) is 0 Å². The second-order valence-corrected chi connectivity index (χ2v) is 2.80. The molecule has 0 bridgehead atoms. The van der Waals surface area contributed by atoms with Crippen LogP contribution in [-0.2, 0) is 4.79 Å². The normalized spacial score (nSPS) is 19.3.